The zero-order chi connectivity index (χ0) is 26.4. The Labute approximate surface area is 218 Å². The lowest BCUT2D eigenvalue weighted by atomic mass is 10.1. The molecule has 0 bridgehead atoms. The minimum absolute atomic E-state index is 0.112. The van der Waals surface area contributed by atoms with Crippen LogP contribution in [0.4, 0.5) is 5.69 Å². The fourth-order valence-corrected chi connectivity index (χ4v) is 4.68. The Morgan fingerprint density at radius 2 is 1.73 bits per heavy atom. The van der Waals surface area contributed by atoms with Gasteiger partial charge in [-0.25, -0.2) is 0 Å². The second-order valence-electron chi connectivity index (χ2n) is 9.50. The van der Waals surface area contributed by atoms with Crippen LogP contribution in [0.5, 0.6) is 5.75 Å². The Morgan fingerprint density at radius 1 is 0.973 bits per heavy atom. The first-order valence-corrected chi connectivity index (χ1v) is 12.9. The molecule has 1 aromatic heterocycles. The van der Waals surface area contributed by atoms with Crippen molar-refractivity contribution in [2.75, 3.05) is 37.7 Å². The molecule has 0 aliphatic carbocycles. The number of fused-ring (bicyclic) bond motifs is 1. The van der Waals surface area contributed by atoms with Gasteiger partial charge in [0.15, 0.2) is 5.69 Å². The summed E-state index contributed by atoms with van der Waals surface area (Å²) in [6.45, 7) is 9.69. The minimum Gasteiger partial charge on any atom is -0.493 e. The van der Waals surface area contributed by atoms with Crippen molar-refractivity contribution in [3.05, 3.63) is 71.5 Å². The number of benzene rings is 2. The van der Waals surface area contributed by atoms with Crippen LogP contribution in [0.3, 0.4) is 0 Å². The Bertz CT molecular complexity index is 1220. The Morgan fingerprint density at radius 3 is 2.46 bits per heavy atom. The monoisotopic (exact) mass is 504 g/mol. The number of para-hydroxylation sites is 2. The molecule has 0 spiro atoms. The molecule has 0 fully saturated rings. The van der Waals surface area contributed by atoms with Crippen LogP contribution >= 0.6 is 0 Å². The predicted octanol–water partition coefficient (Wildman–Crippen LogP) is 3.62. The van der Waals surface area contributed by atoms with Crippen LogP contribution < -0.4 is 9.64 Å². The first kappa shape index (κ1) is 26.3. The van der Waals surface area contributed by atoms with Crippen molar-refractivity contribution in [3.8, 4) is 5.75 Å². The molecule has 1 aliphatic heterocycles. The fraction of sp³-hybridized carbons (Fsp3) is 0.429. The number of rotatable bonds is 5. The highest BCUT2D eigenvalue weighted by Gasteiger charge is 2.27. The number of carbonyl (C=O) groups is 2. The highest BCUT2D eigenvalue weighted by molar-refractivity contribution is 6.08. The Hall–Kier alpha value is -3.72. The van der Waals surface area contributed by atoms with Crippen LogP contribution in [0.15, 0.2) is 54.7 Å². The minimum atomic E-state index is -0.176. The molecule has 9 heteroatoms. The van der Waals surface area contributed by atoms with Gasteiger partial charge in [-0.2, -0.15) is 0 Å². The average Bonchev–Trinajstić information content (AvgIpc) is 3.32. The molecular formula is C28H36N6O3. The van der Waals surface area contributed by atoms with Crippen LogP contribution in [0.1, 0.15) is 53.6 Å². The van der Waals surface area contributed by atoms with Crippen LogP contribution in [-0.4, -0.2) is 75.4 Å². The first-order valence-electron chi connectivity index (χ1n) is 12.9. The third kappa shape index (κ3) is 6.17. The van der Waals surface area contributed by atoms with Gasteiger partial charge in [0.2, 0.25) is 0 Å². The van der Waals surface area contributed by atoms with E-state index in [1.165, 1.54) is 4.68 Å². The summed E-state index contributed by atoms with van der Waals surface area (Å²) in [5.41, 5.74) is 2.54. The quantitative estimate of drug-likeness (QED) is 0.528. The first-order chi connectivity index (χ1) is 17.9. The lowest BCUT2D eigenvalue weighted by Crippen LogP contribution is -2.41. The standard InChI is InChI=1S/C28H36N6O3/c1-5-37-26-14-9-7-12-23(26)27(35)34-16-10-15-32(21(2)3)17-18-33(19-22-11-6-8-13-25(22)34)28(36)24-20-31(4)30-29-24/h6-9,11-14,20-21H,5,10,15-19H2,1-4H3. The van der Waals surface area contributed by atoms with E-state index in [0.29, 0.717) is 49.3 Å². The highest BCUT2D eigenvalue weighted by Crippen LogP contribution is 2.28. The van der Waals surface area contributed by atoms with Crippen molar-refractivity contribution in [2.24, 2.45) is 7.05 Å². The molecule has 0 saturated carbocycles. The molecule has 0 saturated heterocycles. The second kappa shape index (κ2) is 12.0. The number of nitrogens with zero attached hydrogens (tertiary/aromatic N) is 6. The van der Waals surface area contributed by atoms with Crippen molar-refractivity contribution in [2.45, 2.75) is 39.8 Å². The molecule has 2 heterocycles. The smallest absolute Gasteiger partial charge is 0.276 e. The van der Waals surface area contributed by atoms with Gasteiger partial charge in [0.1, 0.15) is 5.75 Å². The van der Waals surface area contributed by atoms with Crippen molar-refractivity contribution in [1.29, 1.82) is 0 Å². The molecule has 196 valence electrons. The number of hydrogen-bond acceptors (Lipinski definition) is 6. The van der Waals surface area contributed by atoms with E-state index in [2.05, 4.69) is 29.1 Å². The van der Waals surface area contributed by atoms with E-state index in [4.69, 9.17) is 4.74 Å². The van der Waals surface area contributed by atoms with Crippen molar-refractivity contribution < 1.29 is 14.3 Å². The zero-order valence-corrected chi connectivity index (χ0v) is 22.1. The van der Waals surface area contributed by atoms with Gasteiger partial charge in [-0.3, -0.25) is 19.2 Å². The van der Waals surface area contributed by atoms with Crippen molar-refractivity contribution in [1.82, 2.24) is 24.8 Å². The summed E-state index contributed by atoms with van der Waals surface area (Å²) in [7, 11) is 1.75. The molecule has 4 rings (SSSR count). The summed E-state index contributed by atoms with van der Waals surface area (Å²) in [6.07, 6.45) is 2.44. The van der Waals surface area contributed by atoms with Gasteiger partial charge in [-0.1, -0.05) is 35.5 Å². The third-order valence-corrected chi connectivity index (χ3v) is 6.63. The van der Waals surface area contributed by atoms with Crippen LogP contribution in [-0.2, 0) is 13.6 Å². The Balaban J connectivity index is 1.74. The molecule has 9 nitrogen and oxygen atoms in total. The van der Waals surface area contributed by atoms with Crippen LogP contribution in [0.25, 0.3) is 0 Å². The van der Waals surface area contributed by atoms with Crippen molar-refractivity contribution >= 4 is 17.5 Å². The summed E-state index contributed by atoms with van der Waals surface area (Å²) < 4.78 is 7.31. The van der Waals surface area contributed by atoms with E-state index in [1.54, 1.807) is 18.1 Å². The van der Waals surface area contributed by atoms with E-state index in [0.717, 1.165) is 30.8 Å². The normalized spacial score (nSPS) is 15.3. The number of ether oxygens (including phenoxy) is 1. The van der Waals surface area contributed by atoms with E-state index in [-0.39, 0.29) is 11.8 Å². The maximum absolute atomic E-state index is 14.0. The topological polar surface area (TPSA) is 83.8 Å². The molecule has 37 heavy (non-hydrogen) atoms. The van der Waals surface area contributed by atoms with Crippen LogP contribution in [0, 0.1) is 0 Å². The van der Waals surface area contributed by atoms with E-state index in [1.807, 2.05) is 60.4 Å². The molecule has 1 aliphatic rings. The zero-order valence-electron chi connectivity index (χ0n) is 22.1. The molecule has 0 N–H and O–H groups in total. The summed E-state index contributed by atoms with van der Waals surface area (Å²) in [5, 5.41) is 8.00. The summed E-state index contributed by atoms with van der Waals surface area (Å²) in [6, 6.07) is 15.5. The van der Waals surface area contributed by atoms with Crippen molar-refractivity contribution in [3.63, 3.8) is 0 Å². The lowest BCUT2D eigenvalue weighted by Gasteiger charge is -2.29. The van der Waals surface area contributed by atoms with E-state index in [9.17, 15) is 9.59 Å². The van der Waals surface area contributed by atoms with Gasteiger partial charge in [-0.05, 0) is 51.0 Å². The average molecular weight is 505 g/mol. The molecular weight excluding hydrogens is 468 g/mol. The van der Waals surface area contributed by atoms with Gasteiger partial charge in [0, 0.05) is 51.5 Å². The molecule has 3 aromatic rings. The number of carbonyl (C=O) groups excluding carboxylic acids is 2. The number of aryl methyl sites for hydroxylation is 1. The maximum Gasteiger partial charge on any atom is 0.276 e. The Kier molecular flexibility index (Phi) is 8.55. The molecule has 2 aromatic carbocycles. The van der Waals surface area contributed by atoms with Gasteiger partial charge in [0.25, 0.3) is 11.8 Å². The number of hydrogen-bond donors (Lipinski definition) is 0. The van der Waals surface area contributed by atoms with Gasteiger partial charge in [-0.15, -0.1) is 5.10 Å². The molecule has 0 atom stereocenters. The van der Waals surface area contributed by atoms with Gasteiger partial charge < -0.3 is 14.5 Å². The van der Waals surface area contributed by atoms with Gasteiger partial charge >= 0.3 is 0 Å². The fourth-order valence-electron chi connectivity index (χ4n) is 4.68. The SMILES string of the molecule is CCOc1ccccc1C(=O)N1CCCN(C(C)C)CCN(C(=O)c2cn(C)nn2)Cc2ccccc21. The van der Waals surface area contributed by atoms with E-state index < -0.39 is 0 Å². The predicted molar refractivity (Wildman–Crippen MR) is 143 cm³/mol. The largest absolute Gasteiger partial charge is 0.493 e. The van der Waals surface area contributed by atoms with Gasteiger partial charge in [0.05, 0.1) is 18.4 Å². The maximum atomic E-state index is 14.0. The molecule has 0 radical (unpaired) electrons. The highest BCUT2D eigenvalue weighted by atomic mass is 16.5. The number of anilines is 1. The summed E-state index contributed by atoms with van der Waals surface area (Å²) >= 11 is 0. The molecule has 0 unspecified atom stereocenters. The number of amides is 2. The second-order valence-corrected chi connectivity index (χ2v) is 9.50. The summed E-state index contributed by atoms with van der Waals surface area (Å²) in [4.78, 5) is 33.5. The van der Waals surface area contributed by atoms with E-state index >= 15 is 0 Å². The molecule has 2 amide bonds. The number of aromatic nitrogens is 3. The van der Waals surface area contributed by atoms with Crippen LogP contribution in [0.2, 0.25) is 0 Å². The lowest BCUT2D eigenvalue weighted by molar-refractivity contribution is 0.0705. The summed E-state index contributed by atoms with van der Waals surface area (Å²) in [5.74, 6) is 0.286. The third-order valence-electron chi connectivity index (χ3n) is 6.63.